The molecule has 0 amide bonds. The van der Waals surface area contributed by atoms with Crippen molar-refractivity contribution in [3.8, 4) is 0 Å². The Kier molecular flexibility index (Phi) is 4.97. The number of aryl methyl sites for hydroxylation is 3. The van der Waals surface area contributed by atoms with Crippen molar-refractivity contribution in [1.82, 2.24) is 0 Å². The van der Waals surface area contributed by atoms with Gasteiger partial charge in [0.05, 0.1) is 6.10 Å². The Hall–Kier alpha value is -0.860. The first-order chi connectivity index (χ1) is 7.56. The molecule has 0 spiro atoms. The Morgan fingerprint density at radius 2 is 1.62 bits per heavy atom. The average molecular weight is 222 g/mol. The van der Waals surface area contributed by atoms with Crippen LogP contribution in [0.15, 0.2) is 12.1 Å². The number of aliphatic hydroxyl groups is 2. The van der Waals surface area contributed by atoms with Crippen molar-refractivity contribution >= 4 is 0 Å². The van der Waals surface area contributed by atoms with E-state index < -0.39 is 6.10 Å². The minimum Gasteiger partial charge on any atom is -0.396 e. The van der Waals surface area contributed by atoms with Gasteiger partial charge >= 0.3 is 0 Å². The fraction of sp³-hybridized carbons (Fsp3) is 0.571. The summed E-state index contributed by atoms with van der Waals surface area (Å²) in [6, 6.07) is 4.22. The van der Waals surface area contributed by atoms with Gasteiger partial charge in [-0.25, -0.2) is 0 Å². The molecular weight excluding hydrogens is 200 g/mol. The van der Waals surface area contributed by atoms with Crippen LogP contribution in [0.2, 0.25) is 0 Å². The summed E-state index contributed by atoms with van der Waals surface area (Å²) in [5, 5.41) is 18.8. The van der Waals surface area contributed by atoms with Crippen molar-refractivity contribution in [2.45, 2.75) is 46.1 Å². The van der Waals surface area contributed by atoms with Crippen molar-refractivity contribution in [2.75, 3.05) is 6.61 Å². The molecule has 2 N–H and O–H groups in total. The zero-order chi connectivity index (χ0) is 12.1. The fourth-order valence-electron chi connectivity index (χ4n) is 2.31. The number of aliphatic hydroxyl groups excluding tert-OH is 2. The van der Waals surface area contributed by atoms with Gasteiger partial charge in [-0.15, -0.1) is 0 Å². The van der Waals surface area contributed by atoms with Gasteiger partial charge in [-0.1, -0.05) is 17.7 Å². The van der Waals surface area contributed by atoms with Crippen LogP contribution in [0.1, 0.15) is 47.6 Å². The maximum absolute atomic E-state index is 10.1. The van der Waals surface area contributed by atoms with Gasteiger partial charge in [0.25, 0.3) is 0 Å². The van der Waals surface area contributed by atoms with E-state index in [0.717, 1.165) is 36.0 Å². The molecule has 0 aliphatic rings. The lowest BCUT2D eigenvalue weighted by molar-refractivity contribution is 0.158. The van der Waals surface area contributed by atoms with E-state index in [-0.39, 0.29) is 6.61 Å². The quantitative estimate of drug-likeness (QED) is 0.752. The topological polar surface area (TPSA) is 40.5 Å². The van der Waals surface area contributed by atoms with Crippen molar-refractivity contribution in [3.63, 3.8) is 0 Å². The van der Waals surface area contributed by atoms with Crippen LogP contribution < -0.4 is 0 Å². The second-order valence-corrected chi connectivity index (χ2v) is 4.55. The summed E-state index contributed by atoms with van der Waals surface area (Å²) in [6.45, 7) is 6.37. The number of unbranched alkanes of at least 4 members (excludes halogenated alkanes) is 1. The van der Waals surface area contributed by atoms with Crippen LogP contribution in [0.3, 0.4) is 0 Å². The lowest BCUT2D eigenvalue weighted by Crippen LogP contribution is -2.04. The van der Waals surface area contributed by atoms with E-state index in [9.17, 15) is 5.11 Å². The van der Waals surface area contributed by atoms with Gasteiger partial charge in [-0.05, 0) is 56.7 Å². The van der Waals surface area contributed by atoms with Gasteiger partial charge in [-0.2, -0.15) is 0 Å². The standard InChI is InChI=1S/C14H22O2/c1-10-8-11(2)14(12(3)9-10)13(16)6-4-5-7-15/h8-9,13,15-16H,4-7H2,1-3H3. The molecule has 0 saturated heterocycles. The van der Waals surface area contributed by atoms with Crippen LogP contribution in [-0.2, 0) is 0 Å². The third-order valence-corrected chi connectivity index (χ3v) is 2.96. The highest BCUT2D eigenvalue weighted by Crippen LogP contribution is 2.26. The van der Waals surface area contributed by atoms with Crippen molar-refractivity contribution in [3.05, 3.63) is 34.4 Å². The van der Waals surface area contributed by atoms with Crippen LogP contribution in [0, 0.1) is 20.8 Å². The Morgan fingerprint density at radius 1 is 1.06 bits per heavy atom. The maximum Gasteiger partial charge on any atom is 0.0795 e. The van der Waals surface area contributed by atoms with Crippen LogP contribution in [0.5, 0.6) is 0 Å². The zero-order valence-electron chi connectivity index (χ0n) is 10.5. The first-order valence-corrected chi connectivity index (χ1v) is 5.93. The largest absolute Gasteiger partial charge is 0.396 e. The Morgan fingerprint density at radius 3 is 2.12 bits per heavy atom. The molecule has 0 bridgehead atoms. The molecule has 0 radical (unpaired) electrons. The van der Waals surface area contributed by atoms with Crippen molar-refractivity contribution < 1.29 is 10.2 Å². The molecule has 0 saturated carbocycles. The molecule has 0 aliphatic carbocycles. The van der Waals surface area contributed by atoms with E-state index in [0.29, 0.717) is 0 Å². The summed E-state index contributed by atoms with van der Waals surface area (Å²) in [5.74, 6) is 0. The molecule has 0 heterocycles. The predicted molar refractivity (Wildman–Crippen MR) is 66.5 cm³/mol. The molecule has 90 valence electrons. The first-order valence-electron chi connectivity index (χ1n) is 5.93. The minimum absolute atomic E-state index is 0.207. The molecule has 0 aliphatic heterocycles. The number of rotatable bonds is 5. The smallest absolute Gasteiger partial charge is 0.0795 e. The van der Waals surface area contributed by atoms with Gasteiger partial charge in [0.15, 0.2) is 0 Å². The fourth-order valence-corrected chi connectivity index (χ4v) is 2.31. The molecule has 0 aromatic heterocycles. The number of benzene rings is 1. The van der Waals surface area contributed by atoms with E-state index in [4.69, 9.17) is 5.11 Å². The molecule has 0 fully saturated rings. The average Bonchev–Trinajstić information content (AvgIpc) is 2.16. The van der Waals surface area contributed by atoms with Gasteiger partial charge in [-0.3, -0.25) is 0 Å². The summed E-state index contributed by atoms with van der Waals surface area (Å²) in [6.07, 6.45) is 1.96. The highest BCUT2D eigenvalue weighted by Gasteiger charge is 2.13. The lowest BCUT2D eigenvalue weighted by atomic mass is 9.93. The van der Waals surface area contributed by atoms with Crippen LogP contribution >= 0.6 is 0 Å². The molecule has 2 nitrogen and oxygen atoms in total. The Bertz CT molecular complexity index is 322. The molecule has 1 aromatic carbocycles. The summed E-state index contributed by atoms with van der Waals surface area (Å²) in [4.78, 5) is 0. The summed E-state index contributed by atoms with van der Waals surface area (Å²) >= 11 is 0. The monoisotopic (exact) mass is 222 g/mol. The summed E-state index contributed by atoms with van der Waals surface area (Å²) < 4.78 is 0. The van der Waals surface area contributed by atoms with Gasteiger partial charge < -0.3 is 10.2 Å². The van der Waals surface area contributed by atoms with Gasteiger partial charge in [0.1, 0.15) is 0 Å². The molecule has 1 atom stereocenters. The van der Waals surface area contributed by atoms with Crippen LogP contribution in [-0.4, -0.2) is 16.8 Å². The third-order valence-electron chi connectivity index (χ3n) is 2.96. The molecule has 2 heteroatoms. The first kappa shape index (κ1) is 13.2. The summed E-state index contributed by atoms with van der Waals surface area (Å²) in [5.41, 5.74) is 4.62. The summed E-state index contributed by atoms with van der Waals surface area (Å²) in [7, 11) is 0. The number of hydrogen-bond donors (Lipinski definition) is 2. The predicted octanol–water partition coefficient (Wildman–Crippen LogP) is 2.81. The van der Waals surface area contributed by atoms with Gasteiger partial charge in [0.2, 0.25) is 0 Å². The molecule has 16 heavy (non-hydrogen) atoms. The lowest BCUT2D eigenvalue weighted by Gasteiger charge is -2.17. The minimum atomic E-state index is -0.396. The zero-order valence-corrected chi connectivity index (χ0v) is 10.5. The SMILES string of the molecule is Cc1cc(C)c(C(O)CCCCO)c(C)c1. The van der Waals surface area contributed by atoms with E-state index in [2.05, 4.69) is 19.1 Å². The van der Waals surface area contributed by atoms with Crippen molar-refractivity contribution in [2.24, 2.45) is 0 Å². The Balaban J connectivity index is 2.78. The highest BCUT2D eigenvalue weighted by molar-refractivity contribution is 5.38. The third kappa shape index (κ3) is 3.32. The van der Waals surface area contributed by atoms with E-state index in [1.165, 1.54) is 5.56 Å². The van der Waals surface area contributed by atoms with Crippen LogP contribution in [0.4, 0.5) is 0 Å². The number of hydrogen-bond acceptors (Lipinski definition) is 2. The van der Waals surface area contributed by atoms with Crippen LogP contribution in [0.25, 0.3) is 0 Å². The molecule has 1 rings (SSSR count). The maximum atomic E-state index is 10.1. The molecular formula is C14H22O2. The second-order valence-electron chi connectivity index (χ2n) is 4.55. The van der Waals surface area contributed by atoms with E-state index in [1.54, 1.807) is 0 Å². The van der Waals surface area contributed by atoms with Gasteiger partial charge in [0, 0.05) is 6.61 Å². The van der Waals surface area contributed by atoms with Crippen molar-refractivity contribution in [1.29, 1.82) is 0 Å². The highest BCUT2D eigenvalue weighted by atomic mass is 16.3. The molecule has 1 aromatic rings. The Labute approximate surface area is 97.9 Å². The molecule has 1 unspecified atom stereocenters. The van der Waals surface area contributed by atoms with E-state index in [1.807, 2.05) is 13.8 Å². The normalized spacial score (nSPS) is 12.8. The second kappa shape index (κ2) is 6.02. The van der Waals surface area contributed by atoms with E-state index >= 15 is 0 Å².